The Kier molecular flexibility index (Phi) is 4.55. The molecule has 8 heteroatoms. The molecule has 116 valence electrons. The second-order valence-electron chi connectivity index (χ2n) is 5.04. The van der Waals surface area contributed by atoms with Crippen molar-refractivity contribution in [2.24, 2.45) is 5.92 Å². The van der Waals surface area contributed by atoms with Crippen molar-refractivity contribution in [2.45, 2.75) is 25.6 Å². The summed E-state index contributed by atoms with van der Waals surface area (Å²) in [5, 5.41) is 4.62. The molecule has 0 radical (unpaired) electrons. The number of nitrogens with zero attached hydrogens (tertiary/aromatic N) is 1. The number of thiophene rings is 1. The fourth-order valence-corrected chi connectivity index (χ4v) is 2.99. The van der Waals surface area contributed by atoms with Gasteiger partial charge in [-0.3, -0.25) is 9.59 Å². The van der Waals surface area contributed by atoms with Crippen molar-refractivity contribution in [1.29, 1.82) is 0 Å². The molecule has 2 atom stereocenters. The molecule has 1 aromatic heterocycles. The van der Waals surface area contributed by atoms with Gasteiger partial charge in [-0.25, -0.2) is 0 Å². The minimum atomic E-state index is -4.44. The second-order valence-corrected chi connectivity index (χ2v) is 6.02. The topological polar surface area (TPSA) is 49.4 Å². The highest BCUT2D eigenvalue weighted by molar-refractivity contribution is 7.10. The highest BCUT2D eigenvalue weighted by atomic mass is 32.1. The first-order valence-corrected chi connectivity index (χ1v) is 7.32. The number of carbonyl (C=O) groups is 2. The average molecular weight is 320 g/mol. The van der Waals surface area contributed by atoms with Gasteiger partial charge in [0.2, 0.25) is 11.8 Å². The summed E-state index contributed by atoms with van der Waals surface area (Å²) in [7, 11) is 0. The van der Waals surface area contributed by atoms with Gasteiger partial charge in [0.15, 0.2) is 0 Å². The Hall–Kier alpha value is -1.57. The Morgan fingerprint density at radius 2 is 2.29 bits per heavy atom. The summed E-state index contributed by atoms with van der Waals surface area (Å²) in [6.07, 6.45) is -4.61. The number of carbonyl (C=O) groups excluding carboxylic acids is 2. The van der Waals surface area contributed by atoms with Crippen molar-refractivity contribution in [3.8, 4) is 0 Å². The summed E-state index contributed by atoms with van der Waals surface area (Å²) >= 11 is 1.48. The minimum Gasteiger partial charge on any atom is -0.348 e. The van der Waals surface area contributed by atoms with Crippen LogP contribution in [0.5, 0.6) is 0 Å². The van der Waals surface area contributed by atoms with E-state index in [1.165, 1.54) is 11.3 Å². The van der Waals surface area contributed by atoms with E-state index in [9.17, 15) is 22.8 Å². The van der Waals surface area contributed by atoms with Gasteiger partial charge in [0, 0.05) is 17.8 Å². The Bertz CT molecular complexity index is 516. The van der Waals surface area contributed by atoms with Gasteiger partial charge >= 0.3 is 6.18 Å². The van der Waals surface area contributed by atoms with Gasteiger partial charge in [-0.15, -0.1) is 11.3 Å². The lowest BCUT2D eigenvalue weighted by atomic mass is 10.1. The predicted octanol–water partition coefficient (Wildman–Crippen LogP) is 2.34. The van der Waals surface area contributed by atoms with Gasteiger partial charge in [0.05, 0.1) is 12.0 Å². The molecule has 1 aromatic rings. The smallest absolute Gasteiger partial charge is 0.348 e. The Morgan fingerprint density at radius 3 is 2.86 bits per heavy atom. The monoisotopic (exact) mass is 320 g/mol. The van der Waals surface area contributed by atoms with Crippen LogP contribution in [0.25, 0.3) is 0 Å². The number of hydrogen-bond donors (Lipinski definition) is 1. The van der Waals surface area contributed by atoms with E-state index in [4.69, 9.17) is 0 Å². The second kappa shape index (κ2) is 6.05. The van der Waals surface area contributed by atoms with Crippen LogP contribution in [0, 0.1) is 5.92 Å². The molecule has 4 nitrogen and oxygen atoms in total. The Labute approximate surface area is 123 Å². The lowest BCUT2D eigenvalue weighted by molar-refractivity contribution is -0.157. The molecule has 0 aromatic carbocycles. The zero-order valence-corrected chi connectivity index (χ0v) is 12.1. The van der Waals surface area contributed by atoms with Crippen LogP contribution in [-0.2, 0) is 9.59 Å². The lowest BCUT2D eigenvalue weighted by Gasteiger charge is -2.19. The molecule has 0 aliphatic carbocycles. The molecule has 1 aliphatic heterocycles. The summed E-state index contributed by atoms with van der Waals surface area (Å²) in [4.78, 5) is 25.2. The van der Waals surface area contributed by atoms with E-state index in [0.29, 0.717) is 4.90 Å². The minimum absolute atomic E-state index is 0.168. The van der Waals surface area contributed by atoms with E-state index in [0.717, 1.165) is 4.88 Å². The van der Waals surface area contributed by atoms with E-state index < -0.39 is 24.5 Å². The quantitative estimate of drug-likeness (QED) is 0.926. The Balaban J connectivity index is 1.91. The molecule has 0 unspecified atom stereocenters. The number of rotatable bonds is 4. The molecular weight excluding hydrogens is 305 g/mol. The number of likely N-dealkylation sites (tertiary alicyclic amines) is 1. The molecule has 0 saturated carbocycles. The first-order valence-electron chi connectivity index (χ1n) is 6.44. The first-order chi connectivity index (χ1) is 9.76. The SMILES string of the molecule is C[C@@H](NC(=O)[C@H]1CC(=O)N(CC(F)(F)F)C1)c1cccs1. The highest BCUT2D eigenvalue weighted by Gasteiger charge is 2.40. The van der Waals surface area contributed by atoms with Gasteiger partial charge in [-0.1, -0.05) is 6.07 Å². The summed E-state index contributed by atoms with van der Waals surface area (Å²) < 4.78 is 36.9. The molecule has 1 aliphatic rings. The summed E-state index contributed by atoms with van der Waals surface area (Å²) in [5.74, 6) is -1.73. The molecule has 1 saturated heterocycles. The van der Waals surface area contributed by atoms with Crippen molar-refractivity contribution >= 4 is 23.2 Å². The van der Waals surface area contributed by atoms with Crippen molar-refractivity contribution < 1.29 is 22.8 Å². The maximum absolute atomic E-state index is 12.3. The van der Waals surface area contributed by atoms with Crippen LogP contribution >= 0.6 is 11.3 Å². The van der Waals surface area contributed by atoms with E-state index >= 15 is 0 Å². The molecule has 2 heterocycles. The zero-order valence-electron chi connectivity index (χ0n) is 11.3. The average Bonchev–Trinajstić information content (AvgIpc) is 2.98. The number of hydrogen-bond acceptors (Lipinski definition) is 3. The maximum Gasteiger partial charge on any atom is 0.406 e. The summed E-state index contributed by atoms with van der Waals surface area (Å²) in [5.41, 5.74) is 0. The molecule has 21 heavy (non-hydrogen) atoms. The third-order valence-corrected chi connectivity index (χ3v) is 4.34. The van der Waals surface area contributed by atoms with Gasteiger partial charge in [-0.05, 0) is 18.4 Å². The number of nitrogens with one attached hydrogen (secondary N) is 1. The van der Waals surface area contributed by atoms with Crippen LogP contribution in [0.3, 0.4) is 0 Å². The van der Waals surface area contributed by atoms with E-state index in [2.05, 4.69) is 5.32 Å². The largest absolute Gasteiger partial charge is 0.406 e. The fraction of sp³-hybridized carbons (Fsp3) is 0.538. The molecule has 0 spiro atoms. The molecule has 2 rings (SSSR count). The zero-order chi connectivity index (χ0) is 15.6. The van der Waals surface area contributed by atoms with Gasteiger partial charge in [0.1, 0.15) is 6.54 Å². The van der Waals surface area contributed by atoms with Crippen molar-refractivity contribution in [3.05, 3.63) is 22.4 Å². The van der Waals surface area contributed by atoms with Gasteiger partial charge in [-0.2, -0.15) is 13.2 Å². The molecular formula is C13H15F3N2O2S. The van der Waals surface area contributed by atoms with Crippen LogP contribution in [0.1, 0.15) is 24.3 Å². The fourth-order valence-electron chi connectivity index (χ4n) is 2.26. The van der Waals surface area contributed by atoms with Crippen LogP contribution in [-0.4, -0.2) is 36.0 Å². The molecule has 1 fully saturated rings. The third-order valence-electron chi connectivity index (χ3n) is 3.28. The van der Waals surface area contributed by atoms with Crippen LogP contribution in [0.15, 0.2) is 17.5 Å². The molecule has 2 amide bonds. The van der Waals surface area contributed by atoms with E-state index in [1.807, 2.05) is 17.5 Å². The third kappa shape index (κ3) is 4.20. The van der Waals surface area contributed by atoms with Crippen molar-refractivity contribution in [3.63, 3.8) is 0 Å². The number of amides is 2. The van der Waals surface area contributed by atoms with Gasteiger partial charge in [0.25, 0.3) is 0 Å². The van der Waals surface area contributed by atoms with E-state index in [1.54, 1.807) is 6.92 Å². The summed E-state index contributed by atoms with van der Waals surface area (Å²) in [6.45, 7) is 0.325. The van der Waals surface area contributed by atoms with Crippen LogP contribution < -0.4 is 5.32 Å². The number of alkyl halides is 3. The van der Waals surface area contributed by atoms with E-state index in [-0.39, 0.29) is 24.9 Å². The van der Waals surface area contributed by atoms with Crippen molar-refractivity contribution in [1.82, 2.24) is 10.2 Å². The molecule has 0 bridgehead atoms. The van der Waals surface area contributed by atoms with Gasteiger partial charge < -0.3 is 10.2 Å². The molecule has 1 N–H and O–H groups in total. The van der Waals surface area contributed by atoms with Crippen LogP contribution in [0.2, 0.25) is 0 Å². The van der Waals surface area contributed by atoms with Crippen molar-refractivity contribution in [2.75, 3.05) is 13.1 Å². The van der Waals surface area contributed by atoms with Crippen LogP contribution in [0.4, 0.5) is 13.2 Å². The predicted molar refractivity (Wildman–Crippen MR) is 71.6 cm³/mol. The summed E-state index contributed by atoms with van der Waals surface area (Å²) in [6, 6.07) is 3.50. The lowest BCUT2D eigenvalue weighted by Crippen LogP contribution is -2.37. The normalized spacial score (nSPS) is 20.7. The number of halogens is 3. The Morgan fingerprint density at radius 1 is 1.57 bits per heavy atom. The highest BCUT2D eigenvalue weighted by Crippen LogP contribution is 2.25. The first kappa shape index (κ1) is 15.8. The maximum atomic E-state index is 12.3. The standard InChI is InChI=1S/C13H15F3N2O2S/c1-8(10-3-2-4-21-10)17-12(20)9-5-11(19)18(6-9)7-13(14,15)16/h2-4,8-9H,5-7H2,1H3,(H,17,20)/t8-,9+/m1/s1.